The Morgan fingerprint density at radius 3 is 2.69 bits per heavy atom. The van der Waals surface area contributed by atoms with Crippen molar-refractivity contribution in [1.29, 1.82) is 0 Å². The maximum atomic E-state index is 13.2. The van der Waals surface area contributed by atoms with Crippen LogP contribution in [0.1, 0.15) is 38.4 Å². The maximum absolute atomic E-state index is 13.2. The summed E-state index contributed by atoms with van der Waals surface area (Å²) < 4.78 is 24.6. The lowest BCUT2D eigenvalue weighted by Gasteiger charge is -2.38. The monoisotopic (exact) mass is 479 g/mol. The SMILES string of the molecule is CCOCCCCNC(=NC)N1CC(C)OC(c2ccc(F)cc2)C1.I. The molecule has 148 valence electrons. The number of ether oxygens (including phenoxy) is 2. The molecule has 0 aliphatic carbocycles. The number of morpholine rings is 1. The number of guanidine groups is 1. The largest absolute Gasteiger partial charge is 0.382 e. The van der Waals surface area contributed by atoms with Crippen molar-refractivity contribution in [3.05, 3.63) is 35.6 Å². The lowest BCUT2D eigenvalue weighted by molar-refractivity contribution is -0.0605. The summed E-state index contributed by atoms with van der Waals surface area (Å²) in [6.45, 7) is 8.00. The molecule has 2 atom stereocenters. The fourth-order valence-electron chi connectivity index (χ4n) is 2.99. The third-order valence-electron chi connectivity index (χ3n) is 4.22. The van der Waals surface area contributed by atoms with Gasteiger partial charge in [0.25, 0.3) is 0 Å². The number of unbranched alkanes of at least 4 members (excludes halogenated alkanes) is 1. The van der Waals surface area contributed by atoms with Crippen molar-refractivity contribution in [1.82, 2.24) is 10.2 Å². The summed E-state index contributed by atoms with van der Waals surface area (Å²) in [5, 5.41) is 3.42. The van der Waals surface area contributed by atoms with Crippen LogP contribution in [0.4, 0.5) is 4.39 Å². The molecule has 1 aliphatic rings. The average Bonchev–Trinajstić information content (AvgIpc) is 2.61. The zero-order chi connectivity index (χ0) is 18.1. The minimum atomic E-state index is -0.228. The molecule has 0 aromatic heterocycles. The molecule has 0 saturated carbocycles. The van der Waals surface area contributed by atoms with E-state index >= 15 is 0 Å². The van der Waals surface area contributed by atoms with Crippen LogP contribution in [0.5, 0.6) is 0 Å². The molecule has 0 radical (unpaired) electrons. The number of hydrogen-bond donors (Lipinski definition) is 1. The highest BCUT2D eigenvalue weighted by atomic mass is 127. The predicted molar refractivity (Wildman–Crippen MR) is 114 cm³/mol. The van der Waals surface area contributed by atoms with Crippen molar-refractivity contribution in [2.24, 2.45) is 4.99 Å². The Labute approximate surface area is 173 Å². The molecule has 1 aliphatic heterocycles. The van der Waals surface area contributed by atoms with E-state index in [0.29, 0.717) is 6.54 Å². The smallest absolute Gasteiger partial charge is 0.193 e. The van der Waals surface area contributed by atoms with E-state index in [1.165, 1.54) is 12.1 Å². The molecule has 2 rings (SSSR count). The number of nitrogens with zero attached hydrogens (tertiary/aromatic N) is 2. The molecular formula is C19H31FIN3O2. The normalized spacial score (nSPS) is 20.6. The quantitative estimate of drug-likeness (QED) is 0.281. The van der Waals surface area contributed by atoms with Crippen LogP contribution in [0, 0.1) is 5.82 Å². The minimum Gasteiger partial charge on any atom is -0.382 e. The van der Waals surface area contributed by atoms with Crippen molar-refractivity contribution < 1.29 is 13.9 Å². The molecular weight excluding hydrogens is 448 g/mol. The number of benzene rings is 1. The first kappa shape index (κ1) is 23.1. The number of aliphatic imine (C=N–C) groups is 1. The zero-order valence-corrected chi connectivity index (χ0v) is 18.2. The van der Waals surface area contributed by atoms with Gasteiger partial charge in [-0.25, -0.2) is 4.39 Å². The summed E-state index contributed by atoms with van der Waals surface area (Å²) in [5.74, 6) is 0.660. The van der Waals surface area contributed by atoms with Crippen LogP contribution in [0.15, 0.2) is 29.3 Å². The molecule has 5 nitrogen and oxygen atoms in total. The second kappa shape index (κ2) is 12.5. The van der Waals surface area contributed by atoms with Crippen molar-refractivity contribution in [3.8, 4) is 0 Å². The average molecular weight is 479 g/mol. The van der Waals surface area contributed by atoms with Crippen molar-refractivity contribution >= 4 is 29.9 Å². The maximum Gasteiger partial charge on any atom is 0.193 e. The summed E-state index contributed by atoms with van der Waals surface area (Å²) in [7, 11) is 1.80. The van der Waals surface area contributed by atoms with Crippen LogP contribution in [-0.4, -0.2) is 56.9 Å². The lowest BCUT2D eigenvalue weighted by Crippen LogP contribution is -2.50. The highest BCUT2D eigenvalue weighted by Gasteiger charge is 2.28. The molecule has 0 amide bonds. The van der Waals surface area contributed by atoms with Gasteiger partial charge in [-0.3, -0.25) is 4.99 Å². The van der Waals surface area contributed by atoms with Crippen LogP contribution >= 0.6 is 24.0 Å². The highest BCUT2D eigenvalue weighted by Crippen LogP contribution is 2.25. The van der Waals surface area contributed by atoms with E-state index < -0.39 is 0 Å². The van der Waals surface area contributed by atoms with Crippen LogP contribution < -0.4 is 5.32 Å². The van der Waals surface area contributed by atoms with Gasteiger partial charge in [-0.05, 0) is 44.4 Å². The van der Waals surface area contributed by atoms with Gasteiger partial charge in [-0.15, -0.1) is 24.0 Å². The second-order valence-electron chi connectivity index (χ2n) is 6.27. The van der Waals surface area contributed by atoms with Gasteiger partial charge in [0, 0.05) is 33.4 Å². The van der Waals surface area contributed by atoms with Crippen LogP contribution in [-0.2, 0) is 9.47 Å². The fourth-order valence-corrected chi connectivity index (χ4v) is 2.99. The lowest BCUT2D eigenvalue weighted by atomic mass is 10.1. The van der Waals surface area contributed by atoms with Gasteiger partial charge in [0.2, 0.25) is 0 Å². The third-order valence-corrected chi connectivity index (χ3v) is 4.22. The van der Waals surface area contributed by atoms with Crippen molar-refractivity contribution in [2.75, 3.05) is 39.9 Å². The number of hydrogen-bond acceptors (Lipinski definition) is 3. The summed E-state index contributed by atoms with van der Waals surface area (Å²) >= 11 is 0. The van der Waals surface area contributed by atoms with Gasteiger partial charge in [0.15, 0.2) is 5.96 Å². The Kier molecular flexibility index (Phi) is 11.1. The van der Waals surface area contributed by atoms with Gasteiger partial charge >= 0.3 is 0 Å². The summed E-state index contributed by atoms with van der Waals surface area (Å²) in [4.78, 5) is 6.62. The van der Waals surface area contributed by atoms with Crippen LogP contribution in [0.25, 0.3) is 0 Å². The molecule has 1 aromatic carbocycles. The van der Waals surface area contributed by atoms with Crippen LogP contribution in [0.3, 0.4) is 0 Å². The van der Waals surface area contributed by atoms with E-state index in [1.54, 1.807) is 19.2 Å². The van der Waals surface area contributed by atoms with Gasteiger partial charge in [0.05, 0.1) is 12.6 Å². The Morgan fingerprint density at radius 2 is 2.04 bits per heavy atom. The molecule has 1 fully saturated rings. The highest BCUT2D eigenvalue weighted by molar-refractivity contribution is 14.0. The first-order chi connectivity index (χ1) is 12.1. The molecule has 7 heteroatoms. The van der Waals surface area contributed by atoms with E-state index in [2.05, 4.69) is 22.1 Å². The number of nitrogens with one attached hydrogen (secondary N) is 1. The predicted octanol–water partition coefficient (Wildman–Crippen LogP) is 3.60. The molecule has 1 saturated heterocycles. The molecule has 1 aromatic rings. The van der Waals surface area contributed by atoms with Gasteiger partial charge in [-0.2, -0.15) is 0 Å². The van der Waals surface area contributed by atoms with Crippen LogP contribution in [0.2, 0.25) is 0 Å². The Hall–Kier alpha value is -0.930. The summed E-state index contributed by atoms with van der Waals surface area (Å²) in [6.07, 6.45) is 2.08. The van der Waals surface area contributed by atoms with E-state index in [0.717, 1.165) is 50.7 Å². The molecule has 2 unspecified atom stereocenters. The minimum absolute atomic E-state index is 0. The van der Waals surface area contributed by atoms with E-state index in [4.69, 9.17) is 9.47 Å². The topological polar surface area (TPSA) is 46.1 Å². The van der Waals surface area contributed by atoms with E-state index in [1.807, 2.05) is 6.92 Å². The van der Waals surface area contributed by atoms with Crippen molar-refractivity contribution in [3.63, 3.8) is 0 Å². The first-order valence-corrected chi connectivity index (χ1v) is 9.08. The number of halogens is 2. The van der Waals surface area contributed by atoms with E-state index in [-0.39, 0.29) is 42.0 Å². The molecule has 26 heavy (non-hydrogen) atoms. The Balaban J connectivity index is 0.00000338. The fraction of sp³-hybridized carbons (Fsp3) is 0.632. The Bertz CT molecular complexity index is 542. The second-order valence-corrected chi connectivity index (χ2v) is 6.27. The molecule has 1 heterocycles. The summed E-state index contributed by atoms with van der Waals surface area (Å²) in [6, 6.07) is 6.54. The number of rotatable bonds is 7. The zero-order valence-electron chi connectivity index (χ0n) is 15.9. The van der Waals surface area contributed by atoms with Gasteiger partial charge in [0.1, 0.15) is 11.9 Å². The van der Waals surface area contributed by atoms with Crippen molar-refractivity contribution in [2.45, 2.75) is 38.9 Å². The first-order valence-electron chi connectivity index (χ1n) is 9.08. The third kappa shape index (κ3) is 7.36. The van der Waals surface area contributed by atoms with E-state index in [9.17, 15) is 4.39 Å². The molecule has 0 bridgehead atoms. The summed E-state index contributed by atoms with van der Waals surface area (Å²) in [5.41, 5.74) is 0.991. The standard InChI is InChI=1S/C19H30FN3O2.HI/c1-4-24-12-6-5-11-22-19(21-3)23-13-15(2)25-18(14-23)16-7-9-17(20)10-8-16;/h7-10,15,18H,4-6,11-14H2,1-3H3,(H,21,22);1H. The molecule has 0 spiro atoms. The van der Waals surface area contributed by atoms with Gasteiger partial charge in [-0.1, -0.05) is 12.1 Å². The van der Waals surface area contributed by atoms with Gasteiger partial charge < -0.3 is 19.7 Å². The Morgan fingerprint density at radius 1 is 1.31 bits per heavy atom. The molecule has 1 N–H and O–H groups in total.